The second-order valence-corrected chi connectivity index (χ2v) is 5.81. The lowest BCUT2D eigenvalue weighted by Gasteiger charge is -2.11. The molecule has 1 heterocycles. The van der Waals surface area contributed by atoms with Gasteiger partial charge in [-0.15, -0.1) is 0 Å². The van der Waals surface area contributed by atoms with Gasteiger partial charge >= 0.3 is 5.97 Å². The van der Waals surface area contributed by atoms with Gasteiger partial charge in [-0.05, 0) is 6.42 Å². The van der Waals surface area contributed by atoms with Gasteiger partial charge in [-0.3, -0.25) is 9.48 Å². The number of carbonyl (C=O) groups is 1. The van der Waals surface area contributed by atoms with Crippen LogP contribution in [-0.2, 0) is 21.9 Å². The van der Waals surface area contributed by atoms with E-state index in [0.29, 0.717) is 6.42 Å². The summed E-state index contributed by atoms with van der Waals surface area (Å²) in [6.07, 6.45) is 1.54. The highest BCUT2D eigenvalue weighted by molar-refractivity contribution is 7.89. The molecule has 0 fully saturated rings. The molecule has 1 aromatic heterocycles. The molecule has 0 radical (unpaired) electrons. The highest BCUT2D eigenvalue weighted by Gasteiger charge is 2.25. The van der Waals surface area contributed by atoms with Gasteiger partial charge in [-0.25, -0.2) is 13.1 Å². The topological polar surface area (TPSA) is 101 Å². The molecule has 0 aromatic carbocycles. The lowest BCUT2D eigenvalue weighted by atomic mass is 10.1. The molecule has 0 saturated carbocycles. The van der Waals surface area contributed by atoms with Crippen molar-refractivity contribution >= 4 is 27.6 Å². The minimum absolute atomic E-state index is 0.00614. The van der Waals surface area contributed by atoms with Crippen molar-refractivity contribution in [2.45, 2.75) is 18.4 Å². The van der Waals surface area contributed by atoms with Crippen LogP contribution in [0.15, 0.2) is 11.2 Å². The monoisotopic (exact) mass is 295 g/mol. The van der Waals surface area contributed by atoms with Crippen LogP contribution in [0.5, 0.6) is 0 Å². The van der Waals surface area contributed by atoms with E-state index in [-0.39, 0.29) is 16.6 Å². The second-order valence-electron chi connectivity index (χ2n) is 3.72. The van der Waals surface area contributed by atoms with Crippen LogP contribution in [0.3, 0.4) is 0 Å². The molecule has 1 atom stereocenters. The zero-order valence-electron chi connectivity index (χ0n) is 9.92. The van der Waals surface area contributed by atoms with Gasteiger partial charge in [-0.2, -0.15) is 5.10 Å². The summed E-state index contributed by atoms with van der Waals surface area (Å²) in [5.74, 6) is -1.82. The summed E-state index contributed by atoms with van der Waals surface area (Å²) in [6.45, 7) is 1.49. The standard InChI is InChI=1S/C9H14ClN3O4S/c1-3-6(9(14)15)4-12-18(16,17)8-7(10)5-11-13(8)2/h5-6,12H,3-4H2,1-2H3,(H,14,15). The van der Waals surface area contributed by atoms with E-state index in [4.69, 9.17) is 16.7 Å². The molecule has 18 heavy (non-hydrogen) atoms. The van der Waals surface area contributed by atoms with Crippen LogP contribution in [0.2, 0.25) is 5.02 Å². The number of sulfonamides is 1. The summed E-state index contributed by atoms with van der Waals surface area (Å²) in [5.41, 5.74) is 0. The van der Waals surface area contributed by atoms with E-state index in [1.54, 1.807) is 6.92 Å². The first kappa shape index (κ1) is 14.9. The van der Waals surface area contributed by atoms with Crippen LogP contribution in [-0.4, -0.2) is 35.8 Å². The van der Waals surface area contributed by atoms with Gasteiger partial charge in [0.05, 0.1) is 17.1 Å². The smallest absolute Gasteiger partial charge is 0.307 e. The number of aliphatic carboxylic acids is 1. The van der Waals surface area contributed by atoms with Gasteiger partial charge in [0.25, 0.3) is 10.0 Å². The lowest BCUT2D eigenvalue weighted by Crippen LogP contribution is -2.33. The van der Waals surface area contributed by atoms with Crippen molar-refractivity contribution in [2.75, 3.05) is 6.54 Å². The minimum Gasteiger partial charge on any atom is -0.481 e. The van der Waals surface area contributed by atoms with Crippen molar-refractivity contribution < 1.29 is 18.3 Å². The summed E-state index contributed by atoms with van der Waals surface area (Å²) in [7, 11) is -2.42. The summed E-state index contributed by atoms with van der Waals surface area (Å²) in [6, 6.07) is 0. The Morgan fingerprint density at radius 1 is 1.67 bits per heavy atom. The Labute approximate surface area is 110 Å². The third-order valence-corrected chi connectivity index (χ3v) is 4.39. The number of aromatic nitrogens is 2. The van der Waals surface area contributed by atoms with Gasteiger partial charge in [0.2, 0.25) is 0 Å². The Morgan fingerprint density at radius 2 is 2.28 bits per heavy atom. The molecule has 0 bridgehead atoms. The number of aryl methyl sites for hydroxylation is 1. The molecule has 0 amide bonds. The first-order valence-electron chi connectivity index (χ1n) is 5.19. The number of halogens is 1. The SMILES string of the molecule is CCC(CNS(=O)(=O)c1c(Cl)cnn1C)C(=O)O. The third kappa shape index (κ3) is 3.21. The number of nitrogens with zero attached hydrogens (tertiary/aromatic N) is 2. The van der Waals surface area contributed by atoms with Crippen molar-refractivity contribution in [1.29, 1.82) is 0 Å². The van der Waals surface area contributed by atoms with E-state index in [2.05, 4.69) is 9.82 Å². The number of rotatable bonds is 6. The Hall–Kier alpha value is -1.12. The first-order chi connectivity index (χ1) is 8.29. The Kier molecular flexibility index (Phi) is 4.71. The highest BCUT2D eigenvalue weighted by Crippen LogP contribution is 2.19. The number of hydrogen-bond acceptors (Lipinski definition) is 4. The fourth-order valence-electron chi connectivity index (χ4n) is 1.39. The Balaban J connectivity index is 2.87. The second kappa shape index (κ2) is 5.68. The predicted molar refractivity (Wildman–Crippen MR) is 64.8 cm³/mol. The van der Waals surface area contributed by atoms with E-state index >= 15 is 0 Å². The van der Waals surface area contributed by atoms with Gasteiger partial charge in [0.15, 0.2) is 5.03 Å². The van der Waals surface area contributed by atoms with Crippen LogP contribution in [0, 0.1) is 5.92 Å². The first-order valence-corrected chi connectivity index (χ1v) is 7.05. The number of hydrogen-bond donors (Lipinski definition) is 2. The molecule has 7 nitrogen and oxygen atoms in total. The predicted octanol–water partition coefficient (Wildman–Crippen LogP) is 0.463. The maximum Gasteiger partial charge on any atom is 0.307 e. The minimum atomic E-state index is -3.86. The normalized spacial score (nSPS) is 13.5. The number of nitrogens with one attached hydrogen (secondary N) is 1. The van der Waals surface area contributed by atoms with Gasteiger partial charge in [0, 0.05) is 13.6 Å². The number of carboxylic acid groups (broad SMARTS) is 1. The molecule has 9 heteroatoms. The van der Waals surface area contributed by atoms with Gasteiger partial charge in [0.1, 0.15) is 0 Å². The van der Waals surface area contributed by atoms with Gasteiger partial charge < -0.3 is 5.11 Å². The molecule has 0 spiro atoms. The van der Waals surface area contributed by atoms with Crippen LogP contribution >= 0.6 is 11.6 Å². The zero-order valence-corrected chi connectivity index (χ0v) is 11.5. The molecule has 1 rings (SSSR count). The van der Waals surface area contributed by atoms with Crippen molar-refractivity contribution in [3.8, 4) is 0 Å². The van der Waals surface area contributed by atoms with E-state index < -0.39 is 21.9 Å². The molecule has 2 N–H and O–H groups in total. The van der Waals surface area contributed by atoms with E-state index in [9.17, 15) is 13.2 Å². The molecule has 102 valence electrons. The van der Waals surface area contributed by atoms with Crippen molar-refractivity contribution in [3.05, 3.63) is 11.2 Å². The summed E-state index contributed by atoms with van der Waals surface area (Å²) in [5, 5.41) is 12.4. The van der Waals surface area contributed by atoms with E-state index in [0.717, 1.165) is 4.68 Å². The molecule has 0 aliphatic rings. The maximum atomic E-state index is 11.9. The van der Waals surface area contributed by atoms with Crippen LogP contribution in [0.4, 0.5) is 0 Å². The third-order valence-electron chi connectivity index (χ3n) is 2.46. The van der Waals surface area contributed by atoms with E-state index in [1.807, 2.05) is 0 Å². The fourth-order valence-corrected chi connectivity index (χ4v) is 3.12. The van der Waals surface area contributed by atoms with Crippen LogP contribution in [0.1, 0.15) is 13.3 Å². The van der Waals surface area contributed by atoms with Crippen molar-refractivity contribution in [3.63, 3.8) is 0 Å². The molecule has 0 saturated heterocycles. The average Bonchev–Trinajstić information content (AvgIpc) is 2.59. The molecule has 0 aliphatic heterocycles. The Morgan fingerprint density at radius 3 is 2.67 bits per heavy atom. The molecular weight excluding hydrogens is 282 g/mol. The molecule has 0 aliphatic carbocycles. The van der Waals surface area contributed by atoms with Gasteiger partial charge in [-0.1, -0.05) is 18.5 Å². The summed E-state index contributed by atoms with van der Waals surface area (Å²) in [4.78, 5) is 10.8. The molecule has 1 aromatic rings. The lowest BCUT2D eigenvalue weighted by molar-refractivity contribution is -0.141. The Bertz CT molecular complexity index is 521. The van der Waals surface area contributed by atoms with Crippen LogP contribution < -0.4 is 4.72 Å². The van der Waals surface area contributed by atoms with E-state index in [1.165, 1.54) is 13.2 Å². The quantitative estimate of drug-likeness (QED) is 0.794. The average molecular weight is 296 g/mol. The molecule has 1 unspecified atom stereocenters. The molecular formula is C9H14ClN3O4S. The van der Waals surface area contributed by atoms with Crippen molar-refractivity contribution in [2.24, 2.45) is 13.0 Å². The number of carboxylic acids is 1. The van der Waals surface area contributed by atoms with Crippen LogP contribution in [0.25, 0.3) is 0 Å². The summed E-state index contributed by atoms with van der Waals surface area (Å²) >= 11 is 5.72. The fraction of sp³-hybridized carbons (Fsp3) is 0.556. The summed E-state index contributed by atoms with van der Waals surface area (Å²) < 4.78 is 27.2. The van der Waals surface area contributed by atoms with Crippen molar-refractivity contribution in [1.82, 2.24) is 14.5 Å². The zero-order chi connectivity index (χ0) is 13.9. The maximum absolute atomic E-state index is 11.9. The largest absolute Gasteiger partial charge is 0.481 e. The highest BCUT2D eigenvalue weighted by atomic mass is 35.5.